The van der Waals surface area contributed by atoms with Crippen molar-refractivity contribution < 1.29 is 27.5 Å². The zero-order valence-corrected chi connectivity index (χ0v) is 20.1. The molecule has 1 fully saturated rings. The van der Waals surface area contributed by atoms with Crippen molar-refractivity contribution >= 4 is 39.1 Å². The van der Waals surface area contributed by atoms with E-state index in [4.69, 9.17) is 21.1 Å². The number of carbonyl (C=O) groups is 2. The Labute approximate surface area is 197 Å². The lowest BCUT2D eigenvalue weighted by molar-refractivity contribution is -0.122. The van der Waals surface area contributed by atoms with Gasteiger partial charge in [-0.3, -0.25) is 14.3 Å². The second-order valence-electron chi connectivity index (χ2n) is 7.58. The summed E-state index contributed by atoms with van der Waals surface area (Å²) in [5.41, 5.74) is 0.852. The van der Waals surface area contributed by atoms with Crippen LogP contribution >= 0.6 is 11.6 Å². The molecule has 2 aromatic carbocycles. The van der Waals surface area contributed by atoms with Gasteiger partial charge >= 0.3 is 0 Å². The number of benzene rings is 2. The fourth-order valence-corrected chi connectivity index (χ4v) is 4.80. The molecule has 1 aliphatic rings. The number of rotatable bonds is 7. The molecule has 0 radical (unpaired) electrons. The summed E-state index contributed by atoms with van der Waals surface area (Å²) in [5, 5.41) is 5.67. The van der Waals surface area contributed by atoms with E-state index in [-0.39, 0.29) is 32.8 Å². The first-order valence-electron chi connectivity index (χ1n) is 10.3. The Morgan fingerprint density at radius 1 is 1.12 bits per heavy atom. The van der Waals surface area contributed by atoms with Crippen LogP contribution < -0.4 is 24.8 Å². The number of sulfonamides is 1. The normalized spacial score (nSPS) is 16.4. The van der Waals surface area contributed by atoms with E-state index in [1.807, 2.05) is 0 Å². The second-order valence-corrected chi connectivity index (χ2v) is 9.67. The molecule has 1 unspecified atom stereocenters. The van der Waals surface area contributed by atoms with E-state index in [0.29, 0.717) is 24.3 Å². The Morgan fingerprint density at radius 2 is 1.85 bits per heavy atom. The Balaban J connectivity index is 1.88. The molecule has 3 rings (SSSR count). The molecule has 1 saturated heterocycles. The minimum absolute atomic E-state index is 0.116. The van der Waals surface area contributed by atoms with E-state index < -0.39 is 22.0 Å². The largest absolute Gasteiger partial charge is 0.495 e. The van der Waals surface area contributed by atoms with Crippen LogP contribution in [0.15, 0.2) is 35.2 Å². The third kappa shape index (κ3) is 5.69. The van der Waals surface area contributed by atoms with Crippen molar-refractivity contribution in [2.24, 2.45) is 0 Å². The third-order valence-electron chi connectivity index (χ3n) is 5.32. The number of carbonyl (C=O) groups excluding carboxylic acids is 2. The number of methoxy groups -OCH3 is 2. The molecule has 0 saturated carbocycles. The first-order valence-corrected chi connectivity index (χ1v) is 12.2. The average molecular weight is 496 g/mol. The van der Waals surface area contributed by atoms with Crippen LogP contribution in [-0.4, -0.2) is 47.0 Å². The summed E-state index contributed by atoms with van der Waals surface area (Å²) in [5.74, 6) is -0.221. The second kappa shape index (κ2) is 10.3. The van der Waals surface area contributed by atoms with Crippen LogP contribution in [-0.2, 0) is 14.8 Å². The average Bonchev–Trinajstić information content (AvgIpc) is 2.97. The maximum Gasteiger partial charge on any atom is 0.262 e. The molecule has 2 aromatic rings. The number of aryl methyl sites for hydroxylation is 1. The van der Waals surface area contributed by atoms with Crippen LogP contribution in [0, 0.1) is 6.92 Å². The molecule has 2 amide bonds. The van der Waals surface area contributed by atoms with E-state index in [9.17, 15) is 18.0 Å². The summed E-state index contributed by atoms with van der Waals surface area (Å²) < 4.78 is 39.0. The van der Waals surface area contributed by atoms with Gasteiger partial charge in [-0.15, -0.1) is 0 Å². The van der Waals surface area contributed by atoms with Crippen molar-refractivity contribution in [3.8, 4) is 11.5 Å². The standard InChI is InChI=1S/C22H26ClN3O6S/c1-13-7-8-14(10-15(13)21(27)25-17-6-4-5-9-24-22(17)28)33(29,30)26-18-11-16(23)19(31-2)12-20(18)32-3/h7-8,10-12,17,26H,4-6,9H2,1-3H3,(H,24,28)(H,25,27). The Kier molecular flexibility index (Phi) is 7.70. The maximum atomic E-state index is 13.1. The monoisotopic (exact) mass is 495 g/mol. The van der Waals surface area contributed by atoms with E-state index in [2.05, 4.69) is 15.4 Å². The lowest BCUT2D eigenvalue weighted by atomic mass is 10.1. The summed E-state index contributed by atoms with van der Waals surface area (Å²) >= 11 is 6.14. The van der Waals surface area contributed by atoms with Gasteiger partial charge in [0.2, 0.25) is 5.91 Å². The molecular formula is C22H26ClN3O6S. The predicted molar refractivity (Wildman–Crippen MR) is 125 cm³/mol. The summed E-state index contributed by atoms with van der Waals surface area (Å²) in [6, 6.07) is 6.39. The van der Waals surface area contributed by atoms with Crippen molar-refractivity contribution in [2.45, 2.75) is 37.1 Å². The van der Waals surface area contributed by atoms with Gasteiger partial charge in [0.25, 0.3) is 15.9 Å². The van der Waals surface area contributed by atoms with Crippen molar-refractivity contribution in [2.75, 3.05) is 25.5 Å². The van der Waals surface area contributed by atoms with Gasteiger partial charge in [0.05, 0.1) is 29.8 Å². The summed E-state index contributed by atoms with van der Waals surface area (Å²) in [6.07, 6.45) is 2.16. The fourth-order valence-electron chi connectivity index (χ4n) is 3.47. The van der Waals surface area contributed by atoms with E-state index in [0.717, 1.165) is 12.8 Å². The van der Waals surface area contributed by atoms with Crippen molar-refractivity contribution in [3.05, 3.63) is 46.5 Å². The third-order valence-corrected chi connectivity index (χ3v) is 6.98. The van der Waals surface area contributed by atoms with Gasteiger partial charge in [0, 0.05) is 18.2 Å². The van der Waals surface area contributed by atoms with Crippen LogP contribution in [0.5, 0.6) is 11.5 Å². The van der Waals surface area contributed by atoms with Crippen LogP contribution in [0.4, 0.5) is 5.69 Å². The highest BCUT2D eigenvalue weighted by Crippen LogP contribution is 2.37. The molecule has 0 aromatic heterocycles. The zero-order valence-electron chi connectivity index (χ0n) is 18.5. The van der Waals surface area contributed by atoms with Gasteiger partial charge in [-0.25, -0.2) is 8.42 Å². The van der Waals surface area contributed by atoms with E-state index >= 15 is 0 Å². The number of amides is 2. The maximum absolute atomic E-state index is 13.1. The lowest BCUT2D eigenvalue weighted by Gasteiger charge is -2.17. The van der Waals surface area contributed by atoms with Crippen LogP contribution in [0.25, 0.3) is 0 Å². The molecular weight excluding hydrogens is 470 g/mol. The lowest BCUT2D eigenvalue weighted by Crippen LogP contribution is -2.45. The summed E-state index contributed by atoms with van der Waals surface area (Å²) in [4.78, 5) is 24.9. The predicted octanol–water partition coefficient (Wildman–Crippen LogP) is 2.86. The smallest absolute Gasteiger partial charge is 0.262 e. The number of nitrogens with one attached hydrogen (secondary N) is 3. The van der Waals surface area contributed by atoms with Crippen LogP contribution in [0.2, 0.25) is 5.02 Å². The first-order chi connectivity index (χ1) is 15.7. The molecule has 1 heterocycles. The summed E-state index contributed by atoms with van der Waals surface area (Å²) in [7, 11) is -1.27. The van der Waals surface area contributed by atoms with Gasteiger partial charge in [0.15, 0.2) is 0 Å². The highest BCUT2D eigenvalue weighted by atomic mass is 35.5. The minimum atomic E-state index is -4.09. The molecule has 1 atom stereocenters. The van der Waals surface area contributed by atoms with Crippen molar-refractivity contribution in [1.82, 2.24) is 10.6 Å². The Hall–Kier alpha value is -2.98. The van der Waals surface area contributed by atoms with Gasteiger partial charge in [-0.1, -0.05) is 17.7 Å². The van der Waals surface area contributed by atoms with Crippen LogP contribution in [0.3, 0.4) is 0 Å². The molecule has 11 heteroatoms. The fraction of sp³-hybridized carbons (Fsp3) is 0.364. The topological polar surface area (TPSA) is 123 Å². The number of hydrogen-bond acceptors (Lipinski definition) is 6. The Morgan fingerprint density at radius 3 is 2.55 bits per heavy atom. The molecule has 9 nitrogen and oxygen atoms in total. The molecule has 3 N–H and O–H groups in total. The van der Waals surface area contributed by atoms with Gasteiger partial charge in [-0.2, -0.15) is 0 Å². The number of hydrogen-bond donors (Lipinski definition) is 3. The van der Waals surface area contributed by atoms with Crippen molar-refractivity contribution in [1.29, 1.82) is 0 Å². The van der Waals surface area contributed by atoms with Gasteiger partial charge < -0.3 is 20.1 Å². The van der Waals surface area contributed by atoms with E-state index in [1.54, 1.807) is 6.92 Å². The molecule has 0 aliphatic carbocycles. The van der Waals surface area contributed by atoms with Crippen molar-refractivity contribution in [3.63, 3.8) is 0 Å². The molecule has 33 heavy (non-hydrogen) atoms. The number of halogens is 1. The number of anilines is 1. The number of ether oxygens (including phenoxy) is 2. The highest BCUT2D eigenvalue weighted by Gasteiger charge is 2.25. The SMILES string of the molecule is COc1cc(OC)c(NS(=O)(=O)c2ccc(C)c(C(=O)NC3CCCCNC3=O)c2)cc1Cl. The van der Waals surface area contributed by atoms with E-state index in [1.165, 1.54) is 44.6 Å². The molecule has 0 bridgehead atoms. The van der Waals surface area contributed by atoms with Gasteiger partial charge in [-0.05, 0) is 49.9 Å². The molecule has 178 valence electrons. The minimum Gasteiger partial charge on any atom is -0.495 e. The first kappa shape index (κ1) is 24.7. The van der Waals surface area contributed by atoms with Crippen LogP contribution in [0.1, 0.15) is 35.2 Å². The van der Waals surface area contributed by atoms with Gasteiger partial charge in [0.1, 0.15) is 17.5 Å². The molecule has 0 spiro atoms. The summed E-state index contributed by atoms with van der Waals surface area (Å²) in [6.45, 7) is 2.26. The highest BCUT2D eigenvalue weighted by molar-refractivity contribution is 7.92. The molecule has 1 aliphatic heterocycles. The quantitative estimate of drug-likeness (QED) is 0.542. The zero-order chi connectivity index (χ0) is 24.2. The Bertz CT molecular complexity index is 1170.